The van der Waals surface area contributed by atoms with Crippen molar-refractivity contribution >= 4 is 11.8 Å². The van der Waals surface area contributed by atoms with Crippen LogP contribution >= 0.6 is 0 Å². The third-order valence-corrected chi connectivity index (χ3v) is 5.88. The predicted octanol–water partition coefficient (Wildman–Crippen LogP) is 3.19. The standard InChI is InChI=1S/C22H32N2O3/c1-3-4-6-11-18(25)24-15-14-22(2,27)20(23-21(26)17-12-13-17)19(24)16-9-7-5-8-10-16/h5,7-10,17,19-20,27H,3-4,6,11-15H2,1-2H3,(H,23,26). The van der Waals surface area contributed by atoms with Crippen LogP contribution in [0.3, 0.4) is 0 Å². The van der Waals surface area contributed by atoms with E-state index in [1.807, 2.05) is 35.2 Å². The highest BCUT2D eigenvalue weighted by Gasteiger charge is 2.48. The van der Waals surface area contributed by atoms with Gasteiger partial charge in [0.25, 0.3) is 0 Å². The molecule has 2 aliphatic rings. The van der Waals surface area contributed by atoms with Crippen molar-refractivity contribution in [3.8, 4) is 0 Å². The quantitative estimate of drug-likeness (QED) is 0.722. The van der Waals surface area contributed by atoms with Gasteiger partial charge in [-0.2, -0.15) is 0 Å². The lowest BCUT2D eigenvalue weighted by molar-refractivity contribution is -0.146. The molecule has 27 heavy (non-hydrogen) atoms. The molecule has 5 heteroatoms. The van der Waals surface area contributed by atoms with Crippen molar-refractivity contribution in [3.05, 3.63) is 35.9 Å². The number of benzene rings is 1. The summed E-state index contributed by atoms with van der Waals surface area (Å²) in [6.45, 7) is 4.41. The molecule has 0 bridgehead atoms. The van der Waals surface area contributed by atoms with Crippen LogP contribution in [-0.4, -0.2) is 40.0 Å². The van der Waals surface area contributed by atoms with E-state index in [0.29, 0.717) is 19.4 Å². The molecule has 1 aromatic carbocycles. The van der Waals surface area contributed by atoms with Crippen LogP contribution in [0.1, 0.15) is 70.4 Å². The van der Waals surface area contributed by atoms with Crippen molar-refractivity contribution in [2.24, 2.45) is 5.92 Å². The van der Waals surface area contributed by atoms with Crippen LogP contribution in [0.2, 0.25) is 0 Å². The van der Waals surface area contributed by atoms with Crippen molar-refractivity contribution in [3.63, 3.8) is 0 Å². The van der Waals surface area contributed by atoms with E-state index in [0.717, 1.165) is 37.7 Å². The van der Waals surface area contributed by atoms with E-state index in [9.17, 15) is 14.7 Å². The molecule has 0 spiro atoms. The largest absolute Gasteiger partial charge is 0.388 e. The number of nitrogens with one attached hydrogen (secondary N) is 1. The van der Waals surface area contributed by atoms with Gasteiger partial charge in [-0.3, -0.25) is 9.59 Å². The highest BCUT2D eigenvalue weighted by Crippen LogP contribution is 2.39. The van der Waals surface area contributed by atoms with Gasteiger partial charge in [-0.05, 0) is 38.2 Å². The van der Waals surface area contributed by atoms with Gasteiger partial charge >= 0.3 is 0 Å². The predicted molar refractivity (Wildman–Crippen MR) is 105 cm³/mol. The lowest BCUT2D eigenvalue weighted by atomic mass is 9.79. The molecule has 5 nitrogen and oxygen atoms in total. The summed E-state index contributed by atoms with van der Waals surface area (Å²) in [6.07, 6.45) is 5.79. The zero-order valence-corrected chi connectivity index (χ0v) is 16.5. The van der Waals surface area contributed by atoms with Gasteiger partial charge in [-0.1, -0.05) is 50.1 Å². The minimum absolute atomic E-state index is 0.00138. The minimum Gasteiger partial charge on any atom is -0.388 e. The number of unbranched alkanes of at least 4 members (excludes halogenated alkanes) is 2. The second-order valence-electron chi connectivity index (χ2n) is 8.27. The summed E-state index contributed by atoms with van der Waals surface area (Å²) in [4.78, 5) is 27.4. The number of rotatable bonds is 7. The van der Waals surface area contributed by atoms with Crippen molar-refractivity contribution in [1.82, 2.24) is 10.2 Å². The van der Waals surface area contributed by atoms with E-state index in [1.165, 1.54) is 0 Å². The number of hydrogen-bond acceptors (Lipinski definition) is 3. The highest BCUT2D eigenvalue weighted by molar-refractivity contribution is 5.82. The van der Waals surface area contributed by atoms with Gasteiger partial charge < -0.3 is 15.3 Å². The second kappa shape index (κ2) is 8.42. The molecule has 3 unspecified atom stereocenters. The van der Waals surface area contributed by atoms with Crippen LogP contribution in [0.15, 0.2) is 30.3 Å². The van der Waals surface area contributed by atoms with Gasteiger partial charge in [0.05, 0.1) is 17.7 Å². The highest BCUT2D eigenvalue weighted by atomic mass is 16.3. The zero-order valence-electron chi connectivity index (χ0n) is 16.5. The number of carbonyl (C=O) groups is 2. The Labute approximate surface area is 162 Å². The van der Waals surface area contributed by atoms with Gasteiger partial charge in [-0.25, -0.2) is 0 Å². The summed E-state index contributed by atoms with van der Waals surface area (Å²) in [7, 11) is 0. The fraction of sp³-hybridized carbons (Fsp3) is 0.636. The molecular weight excluding hydrogens is 340 g/mol. The Hall–Kier alpha value is -1.88. The van der Waals surface area contributed by atoms with E-state index in [4.69, 9.17) is 0 Å². The zero-order chi connectivity index (χ0) is 19.4. The lowest BCUT2D eigenvalue weighted by Crippen LogP contribution is -2.63. The molecule has 2 fully saturated rings. The number of carbonyl (C=O) groups excluding carboxylic acids is 2. The van der Waals surface area contributed by atoms with E-state index < -0.39 is 11.6 Å². The number of hydrogen-bond donors (Lipinski definition) is 2. The molecule has 2 amide bonds. The maximum Gasteiger partial charge on any atom is 0.223 e. The van der Waals surface area contributed by atoms with Crippen molar-refractivity contribution in [2.75, 3.05) is 6.54 Å². The molecular formula is C22H32N2O3. The van der Waals surface area contributed by atoms with Crippen LogP contribution in [0.4, 0.5) is 0 Å². The lowest BCUT2D eigenvalue weighted by Gasteiger charge is -2.49. The normalized spacial score (nSPS) is 28.0. The van der Waals surface area contributed by atoms with E-state index in [-0.39, 0.29) is 23.8 Å². The minimum atomic E-state index is -1.05. The van der Waals surface area contributed by atoms with Gasteiger partial charge in [0.2, 0.25) is 11.8 Å². The Bertz CT molecular complexity index is 655. The number of likely N-dealkylation sites (tertiary alicyclic amines) is 1. The van der Waals surface area contributed by atoms with Gasteiger partial charge in [0.15, 0.2) is 0 Å². The summed E-state index contributed by atoms with van der Waals surface area (Å²) in [6, 6.07) is 8.94. The maximum atomic E-state index is 13.0. The average molecular weight is 373 g/mol. The topological polar surface area (TPSA) is 69.6 Å². The number of piperidine rings is 1. The van der Waals surface area contributed by atoms with Gasteiger partial charge in [0, 0.05) is 18.9 Å². The average Bonchev–Trinajstić information content (AvgIpc) is 3.49. The molecule has 3 rings (SSSR count). The van der Waals surface area contributed by atoms with Crippen LogP contribution in [0.25, 0.3) is 0 Å². The van der Waals surface area contributed by atoms with Gasteiger partial charge in [-0.15, -0.1) is 0 Å². The summed E-state index contributed by atoms with van der Waals surface area (Å²) < 4.78 is 0. The smallest absolute Gasteiger partial charge is 0.223 e. The Morgan fingerprint density at radius 2 is 1.93 bits per heavy atom. The first kappa shape index (κ1) is 19.9. The molecule has 1 aliphatic carbocycles. The van der Waals surface area contributed by atoms with E-state index in [2.05, 4.69) is 12.2 Å². The van der Waals surface area contributed by atoms with Crippen molar-refractivity contribution in [1.29, 1.82) is 0 Å². The van der Waals surface area contributed by atoms with E-state index in [1.54, 1.807) is 6.92 Å². The van der Waals surface area contributed by atoms with Crippen LogP contribution in [-0.2, 0) is 9.59 Å². The molecule has 1 aliphatic heterocycles. The molecule has 1 saturated heterocycles. The first-order valence-corrected chi connectivity index (χ1v) is 10.3. The molecule has 1 aromatic rings. The SMILES string of the molecule is CCCCCC(=O)N1CCC(C)(O)C(NC(=O)C2CC2)C1c1ccccc1. The molecule has 0 aromatic heterocycles. The monoisotopic (exact) mass is 372 g/mol. The molecule has 3 atom stereocenters. The number of amides is 2. The molecule has 2 N–H and O–H groups in total. The number of nitrogens with zero attached hydrogens (tertiary/aromatic N) is 1. The molecule has 1 heterocycles. The van der Waals surface area contributed by atoms with Crippen molar-refractivity contribution in [2.45, 2.75) is 76.5 Å². The first-order valence-electron chi connectivity index (χ1n) is 10.3. The Morgan fingerprint density at radius 3 is 2.56 bits per heavy atom. The fourth-order valence-corrected chi connectivity index (χ4v) is 3.98. The molecule has 0 radical (unpaired) electrons. The van der Waals surface area contributed by atoms with Crippen LogP contribution in [0, 0.1) is 5.92 Å². The second-order valence-corrected chi connectivity index (χ2v) is 8.27. The third-order valence-electron chi connectivity index (χ3n) is 5.88. The fourth-order valence-electron chi connectivity index (χ4n) is 3.98. The van der Waals surface area contributed by atoms with Crippen molar-refractivity contribution < 1.29 is 14.7 Å². The molecule has 148 valence electrons. The summed E-state index contributed by atoms with van der Waals surface area (Å²) in [5, 5.41) is 14.2. The summed E-state index contributed by atoms with van der Waals surface area (Å²) in [5.74, 6) is 0.174. The Balaban J connectivity index is 1.88. The Kier molecular flexibility index (Phi) is 6.20. The summed E-state index contributed by atoms with van der Waals surface area (Å²) in [5.41, 5.74) is -0.0898. The van der Waals surface area contributed by atoms with Crippen LogP contribution in [0.5, 0.6) is 0 Å². The third kappa shape index (κ3) is 4.70. The summed E-state index contributed by atoms with van der Waals surface area (Å²) >= 11 is 0. The Morgan fingerprint density at radius 1 is 1.22 bits per heavy atom. The first-order chi connectivity index (χ1) is 12.9. The molecule has 1 saturated carbocycles. The van der Waals surface area contributed by atoms with E-state index >= 15 is 0 Å². The van der Waals surface area contributed by atoms with Crippen LogP contribution < -0.4 is 5.32 Å². The van der Waals surface area contributed by atoms with Gasteiger partial charge in [0.1, 0.15) is 0 Å². The number of aliphatic hydroxyl groups is 1. The maximum absolute atomic E-state index is 13.0.